The molecule has 2 aliphatic heterocycles. The van der Waals surface area contributed by atoms with Crippen LogP contribution in [-0.4, -0.2) is 121 Å². The van der Waals surface area contributed by atoms with Crippen LogP contribution in [0.5, 0.6) is 11.5 Å². The maximum atomic E-state index is 12.6. The van der Waals surface area contributed by atoms with Gasteiger partial charge in [0.15, 0.2) is 23.1 Å². The molecule has 0 aromatic carbocycles. The normalized spacial score (nSPS) is 29.3. The second-order valence-corrected chi connectivity index (χ2v) is 18.1. The highest BCUT2D eigenvalue weighted by Crippen LogP contribution is 2.60. The van der Waals surface area contributed by atoms with Crippen LogP contribution in [0.15, 0.2) is 46.7 Å². The van der Waals surface area contributed by atoms with Gasteiger partial charge in [0, 0.05) is 109 Å². The van der Waals surface area contributed by atoms with Crippen molar-refractivity contribution >= 4 is 34.5 Å². The van der Waals surface area contributed by atoms with Crippen LogP contribution >= 0.6 is 0 Å². The van der Waals surface area contributed by atoms with Crippen LogP contribution in [0.1, 0.15) is 64.5 Å². The molecule has 0 bridgehead atoms. The molecular formula is C44H60F6N10O4. The summed E-state index contributed by atoms with van der Waals surface area (Å²) in [6.07, 6.45) is 1.05. The molecule has 6 aliphatic rings. The fourth-order valence-electron chi connectivity index (χ4n) is 10.1. The number of ether oxygens (including phenoxy) is 4. The minimum atomic E-state index is -4.86. The molecule has 8 atom stereocenters. The van der Waals surface area contributed by atoms with Crippen LogP contribution in [0.25, 0.3) is 11.4 Å². The average molecular weight is 907 g/mol. The van der Waals surface area contributed by atoms with Gasteiger partial charge in [-0.2, -0.15) is 0 Å². The number of morpholine rings is 2. The Morgan fingerprint density at radius 2 is 0.969 bits per heavy atom. The van der Waals surface area contributed by atoms with Crippen molar-refractivity contribution < 1.29 is 45.3 Å². The second kappa shape index (κ2) is 19.4. The van der Waals surface area contributed by atoms with Gasteiger partial charge >= 0.3 is 12.7 Å². The highest BCUT2D eigenvalue weighted by molar-refractivity contribution is 6.05. The van der Waals surface area contributed by atoms with Gasteiger partial charge in [0.25, 0.3) is 0 Å². The van der Waals surface area contributed by atoms with E-state index in [9.17, 15) is 26.3 Å². The number of hydrogen-bond donors (Lipinski definition) is 4. The number of halogens is 6. The van der Waals surface area contributed by atoms with E-state index in [0.717, 1.165) is 102 Å². The third-order valence-electron chi connectivity index (χ3n) is 13.0. The van der Waals surface area contributed by atoms with Crippen LogP contribution < -0.4 is 32.4 Å². The number of allylic oxidation sites excluding steroid dienone is 2. The highest BCUT2D eigenvalue weighted by Gasteiger charge is 2.59. The predicted octanol–water partition coefficient (Wildman–Crippen LogP) is 6.14. The number of nitrogens with zero attached hydrogens (tertiary/aromatic N) is 6. The Bertz CT molecular complexity index is 1910. The molecule has 2 saturated heterocycles. The Morgan fingerprint density at radius 3 is 1.27 bits per heavy atom. The molecule has 4 unspecified atom stereocenters. The molecule has 6 fully saturated rings. The van der Waals surface area contributed by atoms with Gasteiger partial charge in [0.2, 0.25) is 0 Å². The predicted molar refractivity (Wildman–Crippen MR) is 232 cm³/mol. The molecule has 64 heavy (non-hydrogen) atoms. The molecule has 4 aliphatic carbocycles. The van der Waals surface area contributed by atoms with Crippen molar-refractivity contribution in [3.63, 3.8) is 0 Å². The molecule has 4 heterocycles. The molecule has 20 heteroatoms. The number of rotatable bonds is 12. The van der Waals surface area contributed by atoms with E-state index in [-0.39, 0.29) is 23.7 Å². The maximum absolute atomic E-state index is 12.6. The van der Waals surface area contributed by atoms with Gasteiger partial charge in [-0.1, -0.05) is 0 Å². The molecular weight excluding hydrogens is 847 g/mol. The van der Waals surface area contributed by atoms with Crippen molar-refractivity contribution in [2.24, 2.45) is 57.0 Å². The first-order chi connectivity index (χ1) is 30.2. The zero-order chi connectivity index (χ0) is 46.1. The summed E-state index contributed by atoms with van der Waals surface area (Å²) in [6.45, 7) is 15.1. The minimum absolute atomic E-state index is 0.0825. The van der Waals surface area contributed by atoms with Gasteiger partial charge in [-0.05, 0) is 101 Å². The van der Waals surface area contributed by atoms with E-state index in [1.54, 1.807) is 12.2 Å². The Balaban J connectivity index is 0.000000191. The van der Waals surface area contributed by atoms with Crippen molar-refractivity contribution in [1.82, 2.24) is 19.8 Å². The Hall–Kier alpha value is -4.66. The summed E-state index contributed by atoms with van der Waals surface area (Å²) in [5, 5.41) is 0. The fourth-order valence-corrected chi connectivity index (χ4v) is 10.1. The lowest BCUT2D eigenvalue weighted by atomic mass is 10.0. The third kappa shape index (κ3) is 12.0. The van der Waals surface area contributed by atoms with Crippen LogP contribution in [0.4, 0.5) is 38.0 Å². The first-order valence-electron chi connectivity index (χ1n) is 22.0. The summed E-state index contributed by atoms with van der Waals surface area (Å²) in [6, 6.07) is 3.68. The van der Waals surface area contributed by atoms with E-state index in [0.29, 0.717) is 70.1 Å². The smallest absolute Gasteiger partial charge is 0.402 e. The van der Waals surface area contributed by atoms with Gasteiger partial charge in [-0.3, -0.25) is 19.8 Å². The summed E-state index contributed by atoms with van der Waals surface area (Å²) >= 11 is 0. The lowest BCUT2D eigenvalue weighted by Crippen LogP contribution is -2.43. The van der Waals surface area contributed by atoms with Crippen molar-refractivity contribution in [1.29, 1.82) is 0 Å². The monoisotopic (exact) mass is 906 g/mol. The summed E-state index contributed by atoms with van der Waals surface area (Å²) in [5.74, 6) is 1.12. The number of aromatic nitrogens is 2. The maximum Gasteiger partial charge on any atom is 0.573 e. The first-order valence-corrected chi connectivity index (χ1v) is 22.0. The molecule has 0 spiro atoms. The molecule has 352 valence electrons. The molecule has 8 rings (SSSR count). The second-order valence-electron chi connectivity index (χ2n) is 18.1. The number of pyridine rings is 2. The van der Waals surface area contributed by atoms with Crippen molar-refractivity contribution in [3.8, 4) is 11.5 Å². The van der Waals surface area contributed by atoms with E-state index >= 15 is 0 Å². The molecule has 8 N–H and O–H groups in total. The molecule has 0 amide bonds. The Kier molecular flexibility index (Phi) is 14.4. The van der Waals surface area contributed by atoms with Gasteiger partial charge in [0.1, 0.15) is 0 Å². The van der Waals surface area contributed by atoms with Gasteiger partial charge in [-0.25, -0.2) is 9.97 Å². The summed E-state index contributed by atoms with van der Waals surface area (Å²) in [4.78, 5) is 22.3. The number of aliphatic imine (C=N–C) groups is 2. The van der Waals surface area contributed by atoms with Gasteiger partial charge in [0.05, 0.1) is 26.4 Å². The molecule has 4 saturated carbocycles. The number of anilines is 2. The van der Waals surface area contributed by atoms with E-state index in [2.05, 4.69) is 29.2 Å². The number of nitrogen functional groups attached to an aromatic ring is 2. The number of fused-ring (bicyclic) bond motifs is 2. The largest absolute Gasteiger partial charge is 0.573 e. The third-order valence-corrected chi connectivity index (χ3v) is 13.0. The van der Waals surface area contributed by atoms with Crippen LogP contribution in [-0.2, 0) is 9.47 Å². The number of hydrogen-bond acceptors (Lipinski definition) is 14. The van der Waals surface area contributed by atoms with E-state index in [1.165, 1.54) is 12.4 Å². The van der Waals surface area contributed by atoms with Gasteiger partial charge in [-0.15, -0.1) is 26.3 Å². The zero-order valence-corrected chi connectivity index (χ0v) is 36.6. The van der Waals surface area contributed by atoms with Crippen LogP contribution in [0.3, 0.4) is 0 Å². The number of nitrogens with two attached hydrogens (primary N) is 4. The molecule has 14 nitrogen and oxygen atoms in total. The molecule has 2 aromatic heterocycles. The Morgan fingerprint density at radius 1 is 0.641 bits per heavy atom. The highest BCUT2D eigenvalue weighted by atomic mass is 19.4. The number of alkyl halides is 6. The average Bonchev–Trinajstić information content (AvgIpc) is 3.94. The molecule has 2 aromatic rings. The van der Waals surface area contributed by atoms with Crippen molar-refractivity contribution in [3.05, 3.63) is 47.8 Å². The van der Waals surface area contributed by atoms with E-state index in [1.807, 2.05) is 27.7 Å². The first kappa shape index (κ1) is 47.3. The zero-order valence-electron chi connectivity index (χ0n) is 36.6. The van der Waals surface area contributed by atoms with E-state index < -0.39 is 24.2 Å². The summed E-state index contributed by atoms with van der Waals surface area (Å²) in [5.41, 5.74) is 26.6. The fraction of sp³-hybridized carbons (Fsp3) is 0.636. The quantitative estimate of drug-likeness (QED) is 0.141. The topological polar surface area (TPSA) is 198 Å². The van der Waals surface area contributed by atoms with Crippen molar-refractivity contribution in [2.45, 2.75) is 90.3 Å². The lowest BCUT2D eigenvalue weighted by molar-refractivity contribution is -0.275. The molecule has 0 radical (unpaired) electrons. The van der Waals surface area contributed by atoms with Gasteiger partial charge < -0.3 is 41.9 Å². The minimum Gasteiger partial charge on any atom is -0.402 e. The van der Waals surface area contributed by atoms with Crippen LogP contribution in [0, 0.1) is 35.5 Å². The van der Waals surface area contributed by atoms with E-state index in [4.69, 9.17) is 42.4 Å². The standard InChI is InChI=1S/2C22H30F3N5O2/c2*1-12(2)29-18(20-15-8-14(9-16(15)20)30-3-5-31-6-4-30)10-17(26)13-7-19(21(27)28-11-13)32-22(23,24)25/h2*7,10-12,14-16,20H,3-6,8-9,26H2,1-2H3,(H2,27,28)/t2*14?,15-,16+,20?. The Labute approximate surface area is 369 Å². The van der Waals surface area contributed by atoms with Crippen LogP contribution in [0.2, 0.25) is 0 Å². The summed E-state index contributed by atoms with van der Waals surface area (Å²) < 4.78 is 94.7. The van der Waals surface area contributed by atoms with Crippen molar-refractivity contribution in [2.75, 3.05) is 64.1 Å². The lowest BCUT2D eigenvalue weighted by Gasteiger charge is -2.33. The summed E-state index contributed by atoms with van der Waals surface area (Å²) in [7, 11) is 0. The SMILES string of the molecule is CC(C)N=C(C=C(N)c1cnc(N)c(OC(F)(F)F)c1)C1[C@H]2CC(N3CCOCC3)C[C@@H]12.CC(C)N=C(C=C(N)c1cnc(N)c(OC(F)(F)F)c1)C1[C@H]2CC(N3CCOCC3)C[C@@H]12.